The lowest BCUT2D eigenvalue weighted by Gasteiger charge is -2.13. The minimum Gasteiger partial charge on any atom is -0.508 e. The number of pyridine rings is 1. The van der Waals surface area contributed by atoms with Gasteiger partial charge in [-0.1, -0.05) is 48.5 Å². The van der Waals surface area contributed by atoms with Crippen molar-refractivity contribution in [2.45, 2.75) is 6.61 Å². The van der Waals surface area contributed by atoms with Crippen molar-refractivity contribution >= 4 is 0 Å². The molecule has 0 atom stereocenters. The van der Waals surface area contributed by atoms with Gasteiger partial charge in [0.25, 0.3) is 0 Å². The van der Waals surface area contributed by atoms with E-state index in [1.54, 1.807) is 19.2 Å². The summed E-state index contributed by atoms with van der Waals surface area (Å²) in [6.07, 6.45) is 0. The highest BCUT2D eigenvalue weighted by molar-refractivity contribution is 5.83. The first-order chi connectivity index (χ1) is 17.2. The van der Waals surface area contributed by atoms with Gasteiger partial charge >= 0.3 is 0 Å². The molecule has 4 nitrogen and oxygen atoms in total. The second-order valence-electron chi connectivity index (χ2n) is 8.17. The fourth-order valence-electron chi connectivity index (χ4n) is 3.93. The molecule has 0 aliphatic carbocycles. The Kier molecular flexibility index (Phi) is 6.44. The average molecular weight is 460 g/mol. The molecule has 0 saturated carbocycles. The molecular formula is C31H25NO3. The molecule has 0 spiro atoms. The number of methoxy groups -OCH3 is 1. The van der Waals surface area contributed by atoms with Crippen LogP contribution in [0.3, 0.4) is 0 Å². The van der Waals surface area contributed by atoms with Crippen molar-refractivity contribution in [2.24, 2.45) is 0 Å². The predicted molar refractivity (Wildman–Crippen MR) is 140 cm³/mol. The van der Waals surface area contributed by atoms with Gasteiger partial charge in [0.2, 0.25) is 0 Å². The van der Waals surface area contributed by atoms with Crippen LogP contribution in [0.1, 0.15) is 5.56 Å². The van der Waals surface area contributed by atoms with Crippen LogP contribution in [0.4, 0.5) is 0 Å². The van der Waals surface area contributed by atoms with Gasteiger partial charge < -0.3 is 14.6 Å². The van der Waals surface area contributed by atoms with Crippen LogP contribution in [0.25, 0.3) is 33.6 Å². The number of ether oxygens (including phenoxy) is 2. The van der Waals surface area contributed by atoms with Crippen LogP contribution in [-0.2, 0) is 6.61 Å². The van der Waals surface area contributed by atoms with Gasteiger partial charge in [0.05, 0.1) is 18.5 Å². The second kappa shape index (κ2) is 10.1. The highest BCUT2D eigenvalue weighted by atomic mass is 16.5. The quantitative estimate of drug-likeness (QED) is 0.276. The average Bonchev–Trinajstić information content (AvgIpc) is 2.93. The van der Waals surface area contributed by atoms with Crippen molar-refractivity contribution in [1.29, 1.82) is 0 Å². The summed E-state index contributed by atoms with van der Waals surface area (Å²) in [7, 11) is 1.66. The lowest BCUT2D eigenvalue weighted by molar-refractivity contribution is 0.306. The van der Waals surface area contributed by atoms with Gasteiger partial charge in [0.15, 0.2) is 0 Å². The molecule has 0 bridgehead atoms. The molecule has 0 aliphatic rings. The molecule has 1 aromatic heterocycles. The summed E-state index contributed by atoms with van der Waals surface area (Å²) in [5.74, 6) is 1.84. The molecule has 0 unspecified atom stereocenters. The van der Waals surface area contributed by atoms with Crippen LogP contribution in [-0.4, -0.2) is 17.2 Å². The molecule has 35 heavy (non-hydrogen) atoms. The molecule has 4 aromatic carbocycles. The van der Waals surface area contributed by atoms with E-state index in [4.69, 9.17) is 14.5 Å². The molecule has 172 valence electrons. The van der Waals surface area contributed by atoms with Crippen LogP contribution in [0.15, 0.2) is 115 Å². The number of aromatic hydroxyl groups is 1. The highest BCUT2D eigenvalue weighted by Crippen LogP contribution is 2.35. The standard InChI is InChI=1S/C31H25NO3/c1-34-27-15-9-23(10-16-27)29-19-20-30(24-7-13-26(33)14-8-24)32-31(29)25-11-17-28(18-12-25)35-21-22-5-3-2-4-6-22/h2-20,33H,21H2,1H3. The van der Waals surface area contributed by atoms with Crippen molar-refractivity contribution in [2.75, 3.05) is 7.11 Å². The van der Waals surface area contributed by atoms with E-state index in [1.165, 1.54) is 0 Å². The van der Waals surface area contributed by atoms with E-state index in [2.05, 4.69) is 6.07 Å². The third-order valence-electron chi connectivity index (χ3n) is 5.84. The zero-order chi connectivity index (χ0) is 24.0. The second-order valence-corrected chi connectivity index (χ2v) is 8.17. The van der Waals surface area contributed by atoms with Crippen molar-refractivity contribution < 1.29 is 14.6 Å². The van der Waals surface area contributed by atoms with Crippen LogP contribution < -0.4 is 9.47 Å². The van der Waals surface area contributed by atoms with E-state index >= 15 is 0 Å². The van der Waals surface area contributed by atoms with E-state index in [0.717, 1.165) is 50.7 Å². The number of benzene rings is 4. The van der Waals surface area contributed by atoms with E-state index < -0.39 is 0 Å². The van der Waals surface area contributed by atoms with Gasteiger partial charge in [-0.3, -0.25) is 0 Å². The third kappa shape index (κ3) is 5.17. The molecule has 1 heterocycles. The van der Waals surface area contributed by atoms with Gasteiger partial charge in [0, 0.05) is 16.7 Å². The lowest BCUT2D eigenvalue weighted by Crippen LogP contribution is -1.96. The van der Waals surface area contributed by atoms with E-state index in [-0.39, 0.29) is 5.75 Å². The minimum atomic E-state index is 0.231. The summed E-state index contributed by atoms with van der Waals surface area (Å²) in [6.45, 7) is 0.520. The van der Waals surface area contributed by atoms with Crippen LogP contribution >= 0.6 is 0 Å². The fourth-order valence-corrected chi connectivity index (χ4v) is 3.93. The summed E-state index contributed by atoms with van der Waals surface area (Å²) in [4.78, 5) is 5.03. The number of phenolic OH excluding ortho intramolecular Hbond substituents is 1. The van der Waals surface area contributed by atoms with Crippen molar-refractivity contribution in [3.8, 4) is 50.9 Å². The minimum absolute atomic E-state index is 0.231. The SMILES string of the molecule is COc1ccc(-c2ccc(-c3ccc(O)cc3)nc2-c2ccc(OCc3ccccc3)cc2)cc1. The third-order valence-corrected chi connectivity index (χ3v) is 5.84. The maximum atomic E-state index is 9.67. The molecule has 1 N–H and O–H groups in total. The maximum absolute atomic E-state index is 9.67. The van der Waals surface area contributed by atoms with E-state index in [9.17, 15) is 5.11 Å². The van der Waals surface area contributed by atoms with Gasteiger partial charge in [0.1, 0.15) is 23.9 Å². The first kappa shape index (κ1) is 22.2. The number of hydrogen-bond donors (Lipinski definition) is 1. The molecule has 0 amide bonds. The van der Waals surface area contributed by atoms with Gasteiger partial charge in [-0.05, 0) is 77.9 Å². The number of aromatic nitrogens is 1. The Balaban J connectivity index is 1.50. The highest BCUT2D eigenvalue weighted by Gasteiger charge is 2.12. The molecule has 4 heteroatoms. The Hall–Kier alpha value is -4.57. The maximum Gasteiger partial charge on any atom is 0.119 e. The Morgan fingerprint density at radius 3 is 1.94 bits per heavy atom. The molecule has 0 aliphatic heterocycles. The van der Waals surface area contributed by atoms with Gasteiger partial charge in [-0.2, -0.15) is 0 Å². The van der Waals surface area contributed by atoms with Crippen molar-refractivity contribution in [3.05, 3.63) is 121 Å². The smallest absolute Gasteiger partial charge is 0.119 e. The summed E-state index contributed by atoms with van der Waals surface area (Å²) >= 11 is 0. The summed E-state index contributed by atoms with van der Waals surface area (Å²) < 4.78 is 11.3. The lowest BCUT2D eigenvalue weighted by atomic mass is 9.97. The summed E-state index contributed by atoms with van der Waals surface area (Å²) in [5, 5.41) is 9.67. The number of nitrogens with zero attached hydrogens (tertiary/aromatic N) is 1. The number of phenols is 1. The zero-order valence-electron chi connectivity index (χ0n) is 19.4. The normalized spacial score (nSPS) is 10.7. The monoisotopic (exact) mass is 459 g/mol. The predicted octanol–water partition coefficient (Wildman–Crippen LogP) is 7.38. The van der Waals surface area contributed by atoms with Crippen molar-refractivity contribution in [1.82, 2.24) is 4.98 Å². The number of rotatable bonds is 7. The largest absolute Gasteiger partial charge is 0.508 e. The number of hydrogen-bond acceptors (Lipinski definition) is 4. The van der Waals surface area contributed by atoms with E-state index in [0.29, 0.717) is 6.61 Å². The Labute approximate surface area is 205 Å². The first-order valence-electron chi connectivity index (χ1n) is 11.4. The van der Waals surface area contributed by atoms with E-state index in [1.807, 2.05) is 97.1 Å². The van der Waals surface area contributed by atoms with Crippen molar-refractivity contribution in [3.63, 3.8) is 0 Å². The topological polar surface area (TPSA) is 51.6 Å². The summed E-state index contributed by atoms with van der Waals surface area (Å²) in [5.41, 5.74) is 6.83. The molecule has 5 aromatic rings. The Morgan fingerprint density at radius 1 is 0.629 bits per heavy atom. The van der Waals surface area contributed by atoms with Crippen LogP contribution in [0, 0.1) is 0 Å². The van der Waals surface area contributed by atoms with Crippen LogP contribution in [0.2, 0.25) is 0 Å². The fraction of sp³-hybridized carbons (Fsp3) is 0.0645. The Morgan fingerprint density at radius 2 is 1.26 bits per heavy atom. The molecule has 0 radical (unpaired) electrons. The summed E-state index contributed by atoms with van der Waals surface area (Å²) in [6, 6.07) is 37.3. The molecular weight excluding hydrogens is 434 g/mol. The molecule has 5 rings (SSSR count). The Bertz CT molecular complexity index is 1400. The van der Waals surface area contributed by atoms with Gasteiger partial charge in [-0.15, -0.1) is 0 Å². The molecule has 0 saturated heterocycles. The van der Waals surface area contributed by atoms with Gasteiger partial charge in [-0.25, -0.2) is 4.98 Å². The zero-order valence-corrected chi connectivity index (χ0v) is 19.4. The first-order valence-corrected chi connectivity index (χ1v) is 11.4. The van der Waals surface area contributed by atoms with Crippen LogP contribution in [0.5, 0.6) is 17.2 Å². The molecule has 0 fully saturated rings.